The fraction of sp³-hybridized carbons (Fsp3) is 0.571. The smallest absolute Gasteiger partial charge is 0.417 e. The second kappa shape index (κ2) is 12.4. The summed E-state index contributed by atoms with van der Waals surface area (Å²) in [7, 11) is 0. The third-order valence-electron chi connectivity index (χ3n) is 7.53. The molecule has 3 aliphatic rings. The Morgan fingerprint density at radius 2 is 1.95 bits per heavy atom. The predicted molar refractivity (Wildman–Crippen MR) is 142 cm³/mol. The molecule has 3 aliphatic heterocycles. The highest BCUT2D eigenvalue weighted by Gasteiger charge is 2.33. The Labute approximate surface area is 236 Å². The standard InChI is InChI=1S/C28H33ClF3N3O5/c1-2-37-27(36)34-7-5-21(6-8-34)35-9-11-39-26-19(16-35)12-18(13-24(26)40-17-22-4-3-10-38-22)25-23(29)14-20(15-33-25)28(30,31)32/h12-15,21-22H,2-11,16-17H2,1H3. The van der Waals surface area contributed by atoms with Crippen molar-refractivity contribution in [1.82, 2.24) is 14.8 Å². The molecule has 2 saturated heterocycles. The van der Waals surface area contributed by atoms with Gasteiger partial charge in [0.2, 0.25) is 0 Å². The van der Waals surface area contributed by atoms with Crippen LogP contribution >= 0.6 is 11.6 Å². The van der Waals surface area contributed by atoms with E-state index in [4.69, 9.17) is 30.5 Å². The molecule has 1 aromatic heterocycles. The van der Waals surface area contributed by atoms with Crippen LogP contribution in [0.2, 0.25) is 5.02 Å². The zero-order valence-electron chi connectivity index (χ0n) is 22.3. The van der Waals surface area contributed by atoms with E-state index in [-0.39, 0.29) is 29.0 Å². The van der Waals surface area contributed by atoms with Crippen LogP contribution in [0.5, 0.6) is 11.5 Å². The van der Waals surface area contributed by atoms with Gasteiger partial charge in [-0.15, -0.1) is 0 Å². The van der Waals surface area contributed by atoms with Gasteiger partial charge in [-0.25, -0.2) is 4.79 Å². The average Bonchev–Trinajstić information content (AvgIpc) is 3.36. The van der Waals surface area contributed by atoms with E-state index in [1.165, 1.54) is 0 Å². The predicted octanol–water partition coefficient (Wildman–Crippen LogP) is 5.79. The zero-order valence-corrected chi connectivity index (χ0v) is 23.1. The zero-order chi connectivity index (χ0) is 28.3. The monoisotopic (exact) mass is 583 g/mol. The largest absolute Gasteiger partial charge is 0.488 e. The summed E-state index contributed by atoms with van der Waals surface area (Å²) in [6.07, 6.45) is -0.617. The molecule has 2 fully saturated rings. The van der Waals surface area contributed by atoms with Crippen molar-refractivity contribution in [3.05, 3.63) is 40.5 Å². The number of amides is 1. The van der Waals surface area contributed by atoms with Crippen molar-refractivity contribution >= 4 is 17.7 Å². The number of nitrogens with zero attached hydrogens (tertiary/aromatic N) is 3. The number of alkyl halides is 3. The lowest BCUT2D eigenvalue weighted by Gasteiger charge is -2.37. The summed E-state index contributed by atoms with van der Waals surface area (Å²) in [5.74, 6) is 1.09. The molecule has 5 rings (SSSR count). The van der Waals surface area contributed by atoms with Crippen molar-refractivity contribution in [3.8, 4) is 22.8 Å². The minimum atomic E-state index is -4.55. The van der Waals surface area contributed by atoms with Crippen LogP contribution in [-0.4, -0.2) is 79.1 Å². The number of benzene rings is 1. The van der Waals surface area contributed by atoms with Crippen molar-refractivity contribution in [3.63, 3.8) is 0 Å². The second-order valence-electron chi connectivity index (χ2n) is 10.2. The molecule has 1 atom stereocenters. The van der Waals surface area contributed by atoms with Crippen LogP contribution in [0.15, 0.2) is 24.4 Å². The van der Waals surface area contributed by atoms with Crippen molar-refractivity contribution in [2.45, 2.75) is 57.5 Å². The molecular formula is C28H33ClF3N3O5. The van der Waals surface area contributed by atoms with Gasteiger partial charge in [-0.05, 0) is 50.8 Å². The Balaban J connectivity index is 1.41. The fourth-order valence-corrected chi connectivity index (χ4v) is 5.73. The third kappa shape index (κ3) is 6.58. The Morgan fingerprint density at radius 1 is 1.15 bits per heavy atom. The van der Waals surface area contributed by atoms with Crippen molar-refractivity contribution in [2.24, 2.45) is 0 Å². The second-order valence-corrected chi connectivity index (χ2v) is 10.6. The Hall–Kier alpha value is -2.76. The van der Waals surface area contributed by atoms with Gasteiger partial charge in [-0.3, -0.25) is 9.88 Å². The van der Waals surface area contributed by atoms with E-state index in [1.54, 1.807) is 17.9 Å². The van der Waals surface area contributed by atoms with Gasteiger partial charge in [-0.2, -0.15) is 13.2 Å². The summed E-state index contributed by atoms with van der Waals surface area (Å²) >= 11 is 6.32. The highest BCUT2D eigenvalue weighted by molar-refractivity contribution is 6.33. The molecule has 12 heteroatoms. The first-order valence-corrected chi connectivity index (χ1v) is 14.0. The van der Waals surface area contributed by atoms with Crippen LogP contribution in [0.25, 0.3) is 11.3 Å². The van der Waals surface area contributed by atoms with E-state index in [9.17, 15) is 18.0 Å². The number of hydrogen-bond acceptors (Lipinski definition) is 7. The van der Waals surface area contributed by atoms with Crippen LogP contribution in [0, 0.1) is 0 Å². The Morgan fingerprint density at radius 3 is 2.62 bits per heavy atom. The quantitative estimate of drug-likeness (QED) is 0.426. The molecule has 4 heterocycles. The summed E-state index contributed by atoms with van der Waals surface area (Å²) in [5.41, 5.74) is 0.706. The number of rotatable bonds is 6. The summed E-state index contributed by atoms with van der Waals surface area (Å²) in [6, 6.07) is 4.71. The highest BCUT2D eigenvalue weighted by Crippen LogP contribution is 2.41. The van der Waals surface area contributed by atoms with E-state index < -0.39 is 11.7 Å². The first-order valence-electron chi connectivity index (χ1n) is 13.7. The van der Waals surface area contributed by atoms with Gasteiger partial charge in [0, 0.05) is 56.2 Å². The van der Waals surface area contributed by atoms with E-state index in [0.29, 0.717) is 69.7 Å². The Bertz CT molecular complexity index is 1200. The van der Waals surface area contributed by atoms with Crippen LogP contribution in [0.1, 0.15) is 43.7 Å². The molecular weight excluding hydrogens is 551 g/mol. The summed E-state index contributed by atoms with van der Waals surface area (Å²) in [5, 5.41) is -0.0995. The van der Waals surface area contributed by atoms with Crippen molar-refractivity contribution in [1.29, 1.82) is 0 Å². The molecule has 0 N–H and O–H groups in total. The maximum atomic E-state index is 13.2. The molecule has 1 unspecified atom stereocenters. The normalized spacial score (nSPS) is 20.5. The minimum Gasteiger partial charge on any atom is -0.488 e. The maximum Gasteiger partial charge on any atom is 0.417 e. The molecule has 218 valence electrons. The van der Waals surface area contributed by atoms with Gasteiger partial charge in [0.1, 0.15) is 13.2 Å². The van der Waals surface area contributed by atoms with Gasteiger partial charge in [0.25, 0.3) is 0 Å². The van der Waals surface area contributed by atoms with Crippen molar-refractivity contribution < 1.29 is 36.9 Å². The molecule has 0 aliphatic carbocycles. The summed E-state index contributed by atoms with van der Waals surface area (Å²) in [6.45, 7) is 6.04. The van der Waals surface area contributed by atoms with E-state index in [1.807, 2.05) is 6.07 Å². The average molecular weight is 584 g/mol. The van der Waals surface area contributed by atoms with Gasteiger partial charge < -0.3 is 23.8 Å². The van der Waals surface area contributed by atoms with Gasteiger partial charge >= 0.3 is 12.3 Å². The third-order valence-corrected chi connectivity index (χ3v) is 7.82. The highest BCUT2D eigenvalue weighted by atomic mass is 35.5. The van der Waals surface area contributed by atoms with Gasteiger partial charge in [0.15, 0.2) is 11.5 Å². The number of piperidine rings is 1. The number of pyridine rings is 1. The molecule has 2 aromatic rings. The number of halogens is 4. The molecule has 0 bridgehead atoms. The molecule has 1 amide bonds. The van der Waals surface area contributed by atoms with E-state index >= 15 is 0 Å². The fourth-order valence-electron chi connectivity index (χ4n) is 5.45. The molecule has 0 radical (unpaired) electrons. The number of carbonyl (C=O) groups excluding carboxylic acids is 1. The van der Waals surface area contributed by atoms with Crippen molar-refractivity contribution in [2.75, 3.05) is 46.1 Å². The summed E-state index contributed by atoms with van der Waals surface area (Å²) in [4.78, 5) is 20.3. The number of hydrogen-bond donors (Lipinski definition) is 0. The number of fused-ring (bicyclic) bond motifs is 1. The first-order chi connectivity index (χ1) is 19.2. The summed E-state index contributed by atoms with van der Waals surface area (Å²) < 4.78 is 62.9. The SMILES string of the molecule is CCOC(=O)N1CCC(N2CCOc3c(cc(-c4ncc(C(F)(F)F)cc4Cl)cc3OCC3CCCO3)C2)CC1. The van der Waals surface area contributed by atoms with Crippen LogP contribution in [-0.2, 0) is 22.2 Å². The molecule has 0 spiro atoms. The van der Waals surface area contributed by atoms with Crippen LogP contribution in [0.4, 0.5) is 18.0 Å². The topological polar surface area (TPSA) is 73.4 Å². The van der Waals surface area contributed by atoms with Crippen LogP contribution in [0.3, 0.4) is 0 Å². The Kier molecular flexibility index (Phi) is 8.92. The van der Waals surface area contributed by atoms with Crippen LogP contribution < -0.4 is 9.47 Å². The molecule has 1 aromatic carbocycles. The molecule has 0 saturated carbocycles. The number of likely N-dealkylation sites (tertiary alicyclic amines) is 1. The lowest BCUT2D eigenvalue weighted by molar-refractivity contribution is -0.137. The number of ether oxygens (including phenoxy) is 4. The number of aromatic nitrogens is 1. The maximum absolute atomic E-state index is 13.2. The van der Waals surface area contributed by atoms with Gasteiger partial charge in [-0.1, -0.05) is 11.6 Å². The lowest BCUT2D eigenvalue weighted by Crippen LogP contribution is -2.47. The number of carbonyl (C=O) groups is 1. The minimum absolute atomic E-state index is 0.0288. The van der Waals surface area contributed by atoms with E-state index in [2.05, 4.69) is 9.88 Å². The molecule has 40 heavy (non-hydrogen) atoms. The van der Waals surface area contributed by atoms with E-state index in [0.717, 1.165) is 43.5 Å². The lowest BCUT2D eigenvalue weighted by atomic mass is 10.0. The molecule has 8 nitrogen and oxygen atoms in total. The van der Waals surface area contributed by atoms with Gasteiger partial charge in [0.05, 0.1) is 29.0 Å². The first kappa shape index (κ1) is 28.8.